The normalized spacial score (nSPS) is 11.5. The van der Waals surface area contributed by atoms with Crippen molar-refractivity contribution in [2.75, 3.05) is 22.4 Å². The lowest BCUT2D eigenvalue weighted by Crippen LogP contribution is -2.26. The lowest BCUT2D eigenvalue weighted by atomic mass is 10.3. The van der Waals surface area contributed by atoms with Gasteiger partial charge in [-0.2, -0.15) is 0 Å². The van der Waals surface area contributed by atoms with Crippen LogP contribution in [0.2, 0.25) is 0 Å². The van der Waals surface area contributed by atoms with Crippen molar-refractivity contribution in [1.29, 1.82) is 0 Å². The van der Waals surface area contributed by atoms with Crippen LogP contribution in [0.1, 0.15) is 6.92 Å². The molecule has 1 N–H and O–H groups in total. The first-order valence-corrected chi connectivity index (χ1v) is 12.8. The van der Waals surface area contributed by atoms with Crippen molar-refractivity contribution in [2.45, 2.75) is 23.5 Å². The van der Waals surface area contributed by atoms with E-state index in [0.717, 1.165) is 22.7 Å². The SMILES string of the molecule is CCn1c(SCC(=O)Nc2cccc(S(=O)(=O)N(C)c3ccccc3)c2)nc2ccccc21. The molecule has 0 aliphatic rings. The minimum atomic E-state index is -3.77. The number of hydrogen-bond acceptors (Lipinski definition) is 5. The zero-order valence-electron chi connectivity index (χ0n) is 18.3. The average molecular weight is 481 g/mol. The molecule has 0 aliphatic heterocycles. The van der Waals surface area contributed by atoms with Crippen LogP contribution in [0, 0.1) is 0 Å². The van der Waals surface area contributed by atoms with Gasteiger partial charge >= 0.3 is 0 Å². The smallest absolute Gasteiger partial charge is 0.264 e. The van der Waals surface area contributed by atoms with Gasteiger partial charge < -0.3 is 9.88 Å². The minimum absolute atomic E-state index is 0.104. The molecule has 0 saturated heterocycles. The van der Waals surface area contributed by atoms with Crippen molar-refractivity contribution >= 4 is 50.1 Å². The second-order valence-electron chi connectivity index (χ2n) is 7.30. The number of carbonyl (C=O) groups is 1. The van der Waals surface area contributed by atoms with E-state index >= 15 is 0 Å². The number of benzene rings is 3. The van der Waals surface area contributed by atoms with Crippen LogP contribution in [0.5, 0.6) is 0 Å². The number of imidazole rings is 1. The number of thioether (sulfide) groups is 1. The number of rotatable bonds is 8. The minimum Gasteiger partial charge on any atom is -0.325 e. The van der Waals surface area contributed by atoms with Crippen LogP contribution >= 0.6 is 11.8 Å². The highest BCUT2D eigenvalue weighted by atomic mass is 32.2. The van der Waals surface area contributed by atoms with Gasteiger partial charge in [-0.3, -0.25) is 9.10 Å². The first kappa shape index (κ1) is 22.9. The lowest BCUT2D eigenvalue weighted by Gasteiger charge is -2.19. The topological polar surface area (TPSA) is 84.3 Å². The van der Waals surface area contributed by atoms with Gasteiger partial charge in [0.2, 0.25) is 5.91 Å². The molecule has 33 heavy (non-hydrogen) atoms. The molecule has 0 atom stereocenters. The van der Waals surface area contributed by atoms with E-state index in [1.807, 2.05) is 37.3 Å². The Hall–Kier alpha value is -3.30. The zero-order chi connectivity index (χ0) is 23.4. The van der Waals surface area contributed by atoms with Crippen LogP contribution in [0.3, 0.4) is 0 Å². The van der Waals surface area contributed by atoms with Crippen molar-refractivity contribution in [2.24, 2.45) is 0 Å². The third-order valence-electron chi connectivity index (χ3n) is 5.16. The van der Waals surface area contributed by atoms with Crippen LogP contribution in [0.4, 0.5) is 11.4 Å². The van der Waals surface area contributed by atoms with Gasteiger partial charge in [-0.05, 0) is 49.4 Å². The van der Waals surface area contributed by atoms with E-state index in [0.29, 0.717) is 11.4 Å². The molecular formula is C24H24N4O3S2. The molecule has 4 aromatic rings. The predicted molar refractivity (Wildman–Crippen MR) is 133 cm³/mol. The standard InChI is InChI=1S/C24H24N4O3S2/c1-3-28-22-15-8-7-14-21(22)26-24(28)32-17-23(29)25-18-10-9-13-20(16-18)33(30,31)27(2)19-11-5-4-6-12-19/h4-16H,3,17H2,1-2H3,(H,25,29). The maximum absolute atomic E-state index is 13.0. The van der Waals surface area contributed by atoms with E-state index in [9.17, 15) is 13.2 Å². The van der Waals surface area contributed by atoms with E-state index in [1.165, 1.54) is 35.2 Å². The van der Waals surface area contributed by atoms with Crippen LogP contribution in [0.25, 0.3) is 11.0 Å². The number of sulfonamides is 1. The van der Waals surface area contributed by atoms with E-state index in [4.69, 9.17) is 0 Å². The molecule has 0 fully saturated rings. The molecule has 0 spiro atoms. The molecular weight excluding hydrogens is 456 g/mol. The van der Waals surface area contributed by atoms with Crippen molar-refractivity contribution in [3.05, 3.63) is 78.9 Å². The van der Waals surface area contributed by atoms with Crippen LogP contribution < -0.4 is 9.62 Å². The quantitative estimate of drug-likeness (QED) is 0.372. The zero-order valence-corrected chi connectivity index (χ0v) is 19.9. The van der Waals surface area contributed by atoms with Gasteiger partial charge in [0.15, 0.2) is 5.16 Å². The van der Waals surface area contributed by atoms with Gasteiger partial charge in [0.1, 0.15) is 0 Å². The molecule has 1 amide bonds. The highest BCUT2D eigenvalue weighted by Crippen LogP contribution is 2.26. The summed E-state index contributed by atoms with van der Waals surface area (Å²) in [7, 11) is -2.26. The number of para-hydroxylation sites is 3. The van der Waals surface area contributed by atoms with E-state index in [2.05, 4.69) is 14.9 Å². The Morgan fingerprint density at radius 2 is 1.76 bits per heavy atom. The maximum atomic E-state index is 13.0. The first-order chi connectivity index (χ1) is 15.9. The summed E-state index contributed by atoms with van der Waals surface area (Å²) in [4.78, 5) is 17.3. The number of amides is 1. The third kappa shape index (κ3) is 4.89. The molecule has 1 heterocycles. The Morgan fingerprint density at radius 1 is 1.03 bits per heavy atom. The summed E-state index contributed by atoms with van der Waals surface area (Å²) < 4.78 is 29.4. The Bertz CT molecular complexity index is 1390. The molecule has 3 aromatic carbocycles. The number of carbonyl (C=O) groups excluding carboxylic acids is 1. The number of nitrogens with one attached hydrogen (secondary N) is 1. The molecule has 0 bridgehead atoms. The van der Waals surface area contributed by atoms with Crippen LogP contribution in [0.15, 0.2) is 88.9 Å². The first-order valence-electron chi connectivity index (χ1n) is 10.4. The fraction of sp³-hybridized carbons (Fsp3) is 0.167. The summed E-state index contributed by atoms with van der Waals surface area (Å²) in [6.07, 6.45) is 0. The molecule has 170 valence electrons. The highest BCUT2D eigenvalue weighted by molar-refractivity contribution is 7.99. The number of anilines is 2. The van der Waals surface area contributed by atoms with Crippen molar-refractivity contribution in [3.63, 3.8) is 0 Å². The Kier molecular flexibility index (Phi) is 6.71. The molecule has 7 nitrogen and oxygen atoms in total. The summed E-state index contributed by atoms with van der Waals surface area (Å²) in [5.74, 6) is -0.0785. The predicted octanol–water partition coefficient (Wildman–Crippen LogP) is 4.61. The van der Waals surface area contributed by atoms with Gasteiger partial charge in [-0.25, -0.2) is 13.4 Å². The summed E-state index contributed by atoms with van der Waals surface area (Å²) in [5, 5.41) is 3.57. The van der Waals surface area contributed by atoms with Crippen molar-refractivity contribution in [3.8, 4) is 0 Å². The molecule has 1 aromatic heterocycles. The second-order valence-corrected chi connectivity index (χ2v) is 10.2. The van der Waals surface area contributed by atoms with E-state index in [1.54, 1.807) is 36.4 Å². The maximum Gasteiger partial charge on any atom is 0.264 e. The summed E-state index contributed by atoms with van der Waals surface area (Å²) >= 11 is 1.35. The third-order valence-corrected chi connectivity index (χ3v) is 7.92. The van der Waals surface area contributed by atoms with Crippen LogP contribution in [-0.4, -0.2) is 36.7 Å². The van der Waals surface area contributed by atoms with E-state index in [-0.39, 0.29) is 16.6 Å². The largest absolute Gasteiger partial charge is 0.325 e. The van der Waals surface area contributed by atoms with Crippen LogP contribution in [-0.2, 0) is 21.4 Å². The molecule has 0 radical (unpaired) electrons. The summed E-state index contributed by atoms with van der Waals surface area (Å²) in [6.45, 7) is 2.79. The molecule has 0 saturated carbocycles. The number of fused-ring (bicyclic) bond motifs is 1. The van der Waals surface area contributed by atoms with Crippen molar-refractivity contribution < 1.29 is 13.2 Å². The van der Waals surface area contributed by atoms with Gasteiger partial charge in [-0.15, -0.1) is 0 Å². The van der Waals surface area contributed by atoms with E-state index < -0.39 is 10.0 Å². The molecule has 4 rings (SSSR count). The lowest BCUT2D eigenvalue weighted by molar-refractivity contribution is -0.113. The van der Waals surface area contributed by atoms with Gasteiger partial charge in [0, 0.05) is 19.3 Å². The van der Waals surface area contributed by atoms with Gasteiger partial charge in [0.25, 0.3) is 10.0 Å². The Balaban J connectivity index is 1.46. The summed E-state index contributed by atoms with van der Waals surface area (Å²) in [5.41, 5.74) is 2.90. The molecule has 9 heteroatoms. The fourth-order valence-electron chi connectivity index (χ4n) is 3.47. The average Bonchev–Trinajstić information content (AvgIpc) is 3.20. The second kappa shape index (κ2) is 9.68. The molecule has 0 unspecified atom stereocenters. The number of nitrogens with zero attached hydrogens (tertiary/aromatic N) is 3. The van der Waals surface area contributed by atoms with Gasteiger partial charge in [-0.1, -0.05) is 48.2 Å². The fourth-order valence-corrected chi connectivity index (χ4v) is 5.59. The summed E-state index contributed by atoms with van der Waals surface area (Å²) in [6, 6.07) is 23.0. The monoisotopic (exact) mass is 480 g/mol. The Labute approximate surface area is 197 Å². The molecule has 0 aliphatic carbocycles. The number of hydrogen-bond donors (Lipinski definition) is 1. The number of aryl methyl sites for hydroxylation is 1. The highest BCUT2D eigenvalue weighted by Gasteiger charge is 2.21. The van der Waals surface area contributed by atoms with Gasteiger partial charge in [0.05, 0.1) is 27.4 Å². The Morgan fingerprint density at radius 3 is 2.52 bits per heavy atom. The number of aromatic nitrogens is 2. The van der Waals surface area contributed by atoms with Crippen molar-refractivity contribution in [1.82, 2.24) is 9.55 Å².